The molecule has 0 unspecified atom stereocenters. The molecule has 0 atom stereocenters. The summed E-state index contributed by atoms with van der Waals surface area (Å²) in [5.74, 6) is 0.647. The zero-order valence-electron chi connectivity index (χ0n) is 17.0. The van der Waals surface area contributed by atoms with Gasteiger partial charge in [0.2, 0.25) is 0 Å². The van der Waals surface area contributed by atoms with E-state index in [1.165, 1.54) is 12.1 Å². The lowest BCUT2D eigenvalue weighted by Gasteiger charge is -2.07. The third-order valence-electron chi connectivity index (χ3n) is 4.69. The molecular formula is C23H20N4O5. The lowest BCUT2D eigenvalue weighted by molar-refractivity contribution is -0.384. The van der Waals surface area contributed by atoms with E-state index in [0.717, 1.165) is 16.6 Å². The molecular weight excluding hydrogens is 412 g/mol. The van der Waals surface area contributed by atoms with Crippen LogP contribution in [0.25, 0.3) is 10.9 Å². The van der Waals surface area contributed by atoms with Crippen LogP contribution in [0.15, 0.2) is 72.8 Å². The smallest absolute Gasteiger partial charge is 0.269 e. The molecule has 32 heavy (non-hydrogen) atoms. The Morgan fingerprint density at radius 3 is 2.50 bits per heavy atom. The van der Waals surface area contributed by atoms with E-state index in [9.17, 15) is 14.9 Å². The number of hydrogen-bond donors (Lipinski definition) is 2. The van der Waals surface area contributed by atoms with Gasteiger partial charge in [-0.05, 0) is 41.5 Å². The van der Waals surface area contributed by atoms with Crippen LogP contribution >= 0.6 is 0 Å². The number of H-pyrrole nitrogens is 1. The van der Waals surface area contributed by atoms with Crippen molar-refractivity contribution in [2.24, 2.45) is 0 Å². The lowest BCUT2D eigenvalue weighted by Crippen LogP contribution is -2.18. The average molecular weight is 432 g/mol. The number of aromatic nitrogens is 2. The fourth-order valence-electron chi connectivity index (χ4n) is 3.06. The molecule has 0 aliphatic heterocycles. The van der Waals surface area contributed by atoms with Crippen LogP contribution in [0.3, 0.4) is 0 Å². The summed E-state index contributed by atoms with van der Waals surface area (Å²) in [7, 11) is 0. The van der Waals surface area contributed by atoms with E-state index in [1.807, 2.05) is 30.3 Å². The summed E-state index contributed by atoms with van der Waals surface area (Å²) in [6.45, 7) is 0.492. The molecule has 9 heteroatoms. The molecule has 0 saturated heterocycles. The minimum absolute atomic E-state index is 0.0294. The number of ether oxygens (including phenoxy) is 2. The molecule has 0 spiro atoms. The number of fused-ring (bicyclic) bond motifs is 1. The standard InChI is InChI=1S/C23H20N4O5/c28-22(15-31-13-16-4-2-1-3-5-16)24-23-20-12-19(10-11-21(20)25-26-23)32-14-17-6-8-18(9-7-17)27(29)30/h1-12H,13-15H2,(H2,24,25,26,28). The Morgan fingerprint density at radius 1 is 1.00 bits per heavy atom. The summed E-state index contributed by atoms with van der Waals surface area (Å²) < 4.78 is 11.3. The molecule has 9 nitrogen and oxygen atoms in total. The molecule has 1 amide bonds. The van der Waals surface area contributed by atoms with E-state index in [2.05, 4.69) is 15.5 Å². The second-order valence-electron chi connectivity index (χ2n) is 7.02. The largest absolute Gasteiger partial charge is 0.489 e. The van der Waals surface area contributed by atoms with Crippen LogP contribution in [-0.2, 0) is 22.7 Å². The second-order valence-corrected chi connectivity index (χ2v) is 7.02. The van der Waals surface area contributed by atoms with Crippen LogP contribution in [0, 0.1) is 10.1 Å². The van der Waals surface area contributed by atoms with Crippen LogP contribution in [0.5, 0.6) is 5.75 Å². The fourth-order valence-corrected chi connectivity index (χ4v) is 3.06. The maximum atomic E-state index is 12.2. The van der Waals surface area contributed by atoms with Crippen LogP contribution in [0.4, 0.5) is 11.5 Å². The topological polar surface area (TPSA) is 119 Å². The highest BCUT2D eigenvalue weighted by Gasteiger charge is 2.11. The molecule has 2 N–H and O–H groups in total. The molecule has 0 saturated carbocycles. The first kappa shape index (κ1) is 21.0. The molecule has 0 radical (unpaired) electrons. The van der Waals surface area contributed by atoms with Gasteiger partial charge in [-0.25, -0.2) is 0 Å². The molecule has 0 aliphatic carbocycles. The molecule has 0 bridgehead atoms. The highest BCUT2D eigenvalue weighted by molar-refractivity contribution is 6.00. The minimum Gasteiger partial charge on any atom is -0.489 e. The lowest BCUT2D eigenvalue weighted by atomic mass is 10.2. The SMILES string of the molecule is O=C(COCc1ccccc1)Nc1n[nH]c2ccc(OCc3ccc([N+](=O)[O-])cc3)cc12. The van der Waals surface area contributed by atoms with Crippen LogP contribution < -0.4 is 10.1 Å². The molecule has 1 heterocycles. The predicted molar refractivity (Wildman–Crippen MR) is 118 cm³/mol. The van der Waals surface area contributed by atoms with Gasteiger partial charge < -0.3 is 14.8 Å². The van der Waals surface area contributed by atoms with Gasteiger partial charge >= 0.3 is 0 Å². The third-order valence-corrected chi connectivity index (χ3v) is 4.69. The van der Waals surface area contributed by atoms with Crippen molar-refractivity contribution in [3.63, 3.8) is 0 Å². The summed E-state index contributed by atoms with van der Waals surface area (Å²) in [6, 6.07) is 21.1. The summed E-state index contributed by atoms with van der Waals surface area (Å²) in [4.78, 5) is 22.6. The Balaban J connectivity index is 1.35. The van der Waals surface area contributed by atoms with Crippen molar-refractivity contribution in [3.05, 3.63) is 94.0 Å². The van der Waals surface area contributed by atoms with Crippen molar-refractivity contribution in [1.82, 2.24) is 10.2 Å². The number of carbonyl (C=O) groups excluding carboxylic acids is 1. The number of nitro benzene ring substituents is 1. The zero-order valence-corrected chi connectivity index (χ0v) is 17.0. The van der Waals surface area contributed by atoms with Crippen molar-refractivity contribution in [2.45, 2.75) is 13.2 Å². The van der Waals surface area contributed by atoms with Crippen LogP contribution in [0.1, 0.15) is 11.1 Å². The Labute approximate surface area is 183 Å². The Bertz CT molecular complexity index is 1220. The van der Waals surface area contributed by atoms with Gasteiger partial charge in [0, 0.05) is 17.5 Å². The van der Waals surface area contributed by atoms with Gasteiger partial charge in [-0.3, -0.25) is 20.0 Å². The quantitative estimate of drug-likeness (QED) is 0.302. The summed E-state index contributed by atoms with van der Waals surface area (Å²) in [5.41, 5.74) is 2.56. The highest BCUT2D eigenvalue weighted by atomic mass is 16.6. The van der Waals surface area contributed by atoms with Gasteiger partial charge in [-0.1, -0.05) is 30.3 Å². The van der Waals surface area contributed by atoms with Gasteiger partial charge in [0.25, 0.3) is 11.6 Å². The first-order chi connectivity index (χ1) is 15.6. The van der Waals surface area contributed by atoms with Crippen LogP contribution in [0.2, 0.25) is 0 Å². The van der Waals surface area contributed by atoms with Crippen LogP contribution in [-0.4, -0.2) is 27.6 Å². The number of nitro groups is 1. The van der Waals surface area contributed by atoms with Gasteiger partial charge in [-0.15, -0.1) is 0 Å². The first-order valence-corrected chi connectivity index (χ1v) is 9.84. The maximum Gasteiger partial charge on any atom is 0.269 e. The minimum atomic E-state index is -0.444. The van der Waals surface area contributed by atoms with Crippen molar-refractivity contribution in [1.29, 1.82) is 0 Å². The summed E-state index contributed by atoms with van der Waals surface area (Å²) in [6.07, 6.45) is 0. The van der Waals surface area contributed by atoms with Crippen molar-refractivity contribution in [3.8, 4) is 5.75 Å². The molecule has 162 valence electrons. The Morgan fingerprint density at radius 2 is 1.75 bits per heavy atom. The molecule has 3 aromatic carbocycles. The number of nitrogens with one attached hydrogen (secondary N) is 2. The maximum absolute atomic E-state index is 12.2. The average Bonchev–Trinajstić information content (AvgIpc) is 3.20. The number of non-ortho nitro benzene ring substituents is 1. The number of carbonyl (C=O) groups is 1. The first-order valence-electron chi connectivity index (χ1n) is 9.84. The number of amides is 1. The normalized spacial score (nSPS) is 10.8. The molecule has 4 aromatic rings. The molecule has 1 aromatic heterocycles. The van der Waals surface area contributed by atoms with E-state index in [4.69, 9.17) is 9.47 Å². The predicted octanol–water partition coefficient (Wildman–Crippen LogP) is 4.21. The fraction of sp³-hybridized carbons (Fsp3) is 0.130. The van der Waals surface area contributed by atoms with Gasteiger partial charge in [0.15, 0.2) is 5.82 Å². The molecule has 4 rings (SSSR count). The van der Waals surface area contributed by atoms with Crippen molar-refractivity contribution >= 4 is 28.3 Å². The summed E-state index contributed by atoms with van der Waals surface area (Å²) >= 11 is 0. The van der Waals surface area contributed by atoms with Gasteiger partial charge in [0.1, 0.15) is 19.0 Å². The number of hydrogen-bond acceptors (Lipinski definition) is 6. The highest BCUT2D eigenvalue weighted by Crippen LogP contribution is 2.26. The van der Waals surface area contributed by atoms with E-state index in [1.54, 1.807) is 30.3 Å². The van der Waals surface area contributed by atoms with Gasteiger partial charge in [0.05, 0.1) is 17.0 Å². The number of anilines is 1. The summed E-state index contributed by atoms with van der Waals surface area (Å²) in [5, 5.41) is 21.2. The number of nitrogens with zero attached hydrogens (tertiary/aromatic N) is 2. The number of aromatic amines is 1. The number of rotatable bonds is 9. The van der Waals surface area contributed by atoms with E-state index < -0.39 is 4.92 Å². The van der Waals surface area contributed by atoms with E-state index in [-0.39, 0.29) is 24.8 Å². The Hall–Kier alpha value is -4.24. The molecule has 0 fully saturated rings. The number of benzene rings is 3. The van der Waals surface area contributed by atoms with E-state index >= 15 is 0 Å². The third kappa shape index (κ3) is 5.27. The zero-order chi connectivity index (χ0) is 22.3. The van der Waals surface area contributed by atoms with E-state index in [0.29, 0.717) is 23.6 Å². The molecule has 0 aliphatic rings. The van der Waals surface area contributed by atoms with Crippen molar-refractivity contribution < 1.29 is 19.2 Å². The van der Waals surface area contributed by atoms with Gasteiger partial charge in [-0.2, -0.15) is 5.10 Å². The van der Waals surface area contributed by atoms with Crippen molar-refractivity contribution in [2.75, 3.05) is 11.9 Å². The monoisotopic (exact) mass is 432 g/mol. The Kier molecular flexibility index (Phi) is 6.38. The second kappa shape index (κ2) is 9.71.